The summed E-state index contributed by atoms with van der Waals surface area (Å²) in [4.78, 5) is 36.5. The highest BCUT2D eigenvalue weighted by molar-refractivity contribution is 6.31. The van der Waals surface area contributed by atoms with E-state index in [0.29, 0.717) is 10.7 Å². The molecule has 3 atom stereocenters. The Balaban J connectivity index is 1.58. The molecular weight excluding hydrogens is 438 g/mol. The van der Waals surface area contributed by atoms with E-state index in [4.69, 9.17) is 16.4 Å². The molecule has 6 nitrogen and oxygen atoms in total. The number of nitrogens with zero attached hydrogens (tertiary/aromatic N) is 3. The fourth-order valence-corrected chi connectivity index (χ4v) is 4.71. The average molecular weight is 462 g/mol. The van der Waals surface area contributed by atoms with Crippen molar-refractivity contribution >= 4 is 40.5 Å². The van der Waals surface area contributed by atoms with Crippen molar-refractivity contribution in [2.75, 3.05) is 29.0 Å². The summed E-state index contributed by atoms with van der Waals surface area (Å²) in [5.74, 6) is -1.30. The van der Waals surface area contributed by atoms with Gasteiger partial charge in [0.05, 0.1) is 17.4 Å². The van der Waals surface area contributed by atoms with Gasteiger partial charge in [-0.3, -0.25) is 14.4 Å². The lowest BCUT2D eigenvalue weighted by Gasteiger charge is -2.30. The van der Waals surface area contributed by atoms with Crippen molar-refractivity contribution in [2.24, 2.45) is 5.92 Å². The van der Waals surface area contributed by atoms with Gasteiger partial charge in [0.2, 0.25) is 5.91 Å². The number of amides is 2. The minimum Gasteiger partial charge on any atom is -0.378 e. The molecular formula is C26H24ClN3O3. The zero-order valence-corrected chi connectivity index (χ0v) is 19.4. The largest absolute Gasteiger partial charge is 0.378 e. The van der Waals surface area contributed by atoms with Crippen LogP contribution in [-0.4, -0.2) is 32.0 Å². The van der Waals surface area contributed by atoms with Gasteiger partial charge in [-0.05, 0) is 60.5 Å². The van der Waals surface area contributed by atoms with Gasteiger partial charge in [-0.25, -0.2) is 9.96 Å². The molecule has 2 amide bonds. The van der Waals surface area contributed by atoms with E-state index in [2.05, 4.69) is 0 Å². The number of fused-ring (bicyclic) bond motifs is 1. The van der Waals surface area contributed by atoms with Gasteiger partial charge in [0.25, 0.3) is 5.91 Å². The van der Waals surface area contributed by atoms with Crippen molar-refractivity contribution in [3.05, 3.63) is 88.9 Å². The number of para-hydroxylation sites is 1. The lowest BCUT2D eigenvalue weighted by atomic mass is 9.90. The van der Waals surface area contributed by atoms with E-state index in [-0.39, 0.29) is 11.8 Å². The van der Waals surface area contributed by atoms with Crippen LogP contribution in [0.2, 0.25) is 5.02 Å². The van der Waals surface area contributed by atoms with E-state index in [9.17, 15) is 9.59 Å². The van der Waals surface area contributed by atoms with Crippen LogP contribution in [-0.2, 0) is 14.4 Å². The number of imide groups is 1. The standard InChI is InChI=1S/C26H24ClN3O3/c1-16-6-4-5-7-21(16)30-23(17-8-12-19(13-9-17)28(2)3)22-24(33-30)26(32)29(25(22)31)20-14-10-18(27)11-15-20/h4-15,22-24H,1-3H3/t22-,23+,24-/m1/s1. The molecule has 33 heavy (non-hydrogen) atoms. The zero-order valence-electron chi connectivity index (χ0n) is 18.6. The first kappa shape index (κ1) is 21.5. The highest BCUT2D eigenvalue weighted by Gasteiger charge is 2.60. The van der Waals surface area contributed by atoms with Gasteiger partial charge in [-0.15, -0.1) is 0 Å². The number of hydrogen-bond donors (Lipinski definition) is 0. The summed E-state index contributed by atoms with van der Waals surface area (Å²) in [7, 11) is 3.96. The van der Waals surface area contributed by atoms with Crippen LogP contribution in [0.3, 0.4) is 0 Å². The topological polar surface area (TPSA) is 53.1 Å². The van der Waals surface area contributed by atoms with Gasteiger partial charge in [0.15, 0.2) is 6.10 Å². The van der Waals surface area contributed by atoms with E-state index in [1.165, 1.54) is 4.90 Å². The Bertz CT molecular complexity index is 1210. The Morgan fingerprint density at radius 1 is 0.879 bits per heavy atom. The number of anilines is 3. The van der Waals surface area contributed by atoms with E-state index in [1.54, 1.807) is 29.3 Å². The average Bonchev–Trinajstić information content (AvgIpc) is 3.31. The van der Waals surface area contributed by atoms with Crippen molar-refractivity contribution < 1.29 is 14.4 Å². The molecule has 2 heterocycles. The Morgan fingerprint density at radius 3 is 2.18 bits per heavy atom. The quantitative estimate of drug-likeness (QED) is 0.524. The van der Waals surface area contributed by atoms with Crippen LogP contribution in [0.4, 0.5) is 17.1 Å². The number of carbonyl (C=O) groups is 2. The minimum atomic E-state index is -0.897. The lowest BCUT2D eigenvalue weighted by molar-refractivity contribution is -0.126. The molecule has 2 aliphatic heterocycles. The zero-order chi connectivity index (χ0) is 23.3. The molecule has 7 heteroatoms. The number of hydrogen-bond acceptors (Lipinski definition) is 5. The molecule has 0 aliphatic carbocycles. The lowest BCUT2D eigenvalue weighted by Crippen LogP contribution is -2.37. The number of benzene rings is 3. The second-order valence-corrected chi connectivity index (χ2v) is 9.02. The third kappa shape index (κ3) is 3.56. The SMILES string of the molecule is Cc1ccccc1N1O[C@H]2C(=O)N(c3ccc(Cl)cc3)C(=O)[C@@H]2[C@@H]1c1ccc(N(C)C)cc1. The Morgan fingerprint density at radius 2 is 1.55 bits per heavy atom. The van der Waals surface area contributed by atoms with Crippen LogP contribution in [0, 0.1) is 12.8 Å². The number of carbonyl (C=O) groups excluding carboxylic acids is 2. The summed E-state index contributed by atoms with van der Waals surface area (Å²) in [6.07, 6.45) is -0.897. The molecule has 168 valence electrons. The van der Waals surface area contributed by atoms with E-state index < -0.39 is 18.1 Å². The molecule has 3 aromatic carbocycles. The summed E-state index contributed by atoms with van der Waals surface area (Å²) in [5, 5.41) is 2.28. The van der Waals surface area contributed by atoms with Crippen molar-refractivity contribution in [2.45, 2.75) is 19.1 Å². The molecule has 0 spiro atoms. The second kappa shape index (κ2) is 8.21. The summed E-state index contributed by atoms with van der Waals surface area (Å²) in [6, 6.07) is 22.1. The van der Waals surface area contributed by atoms with Gasteiger partial charge < -0.3 is 4.90 Å². The predicted molar refractivity (Wildman–Crippen MR) is 129 cm³/mol. The van der Waals surface area contributed by atoms with E-state index in [0.717, 1.165) is 22.5 Å². The van der Waals surface area contributed by atoms with Crippen molar-refractivity contribution in [1.29, 1.82) is 0 Å². The minimum absolute atomic E-state index is 0.273. The Hall–Kier alpha value is -3.35. The highest BCUT2D eigenvalue weighted by Crippen LogP contribution is 2.48. The molecule has 5 rings (SSSR count). The molecule has 0 bridgehead atoms. The van der Waals surface area contributed by atoms with Gasteiger partial charge in [0.1, 0.15) is 5.92 Å². The van der Waals surface area contributed by atoms with Crippen LogP contribution >= 0.6 is 11.6 Å². The Labute approximate surface area is 197 Å². The first-order valence-electron chi connectivity index (χ1n) is 10.8. The van der Waals surface area contributed by atoms with Crippen molar-refractivity contribution in [3.8, 4) is 0 Å². The molecule has 0 saturated carbocycles. The number of rotatable bonds is 4. The maximum atomic E-state index is 13.7. The molecule has 2 aliphatic rings. The number of hydroxylamine groups is 1. The third-order valence-electron chi connectivity index (χ3n) is 6.30. The fourth-order valence-electron chi connectivity index (χ4n) is 4.59. The number of aryl methyl sites for hydroxylation is 1. The van der Waals surface area contributed by atoms with Gasteiger partial charge in [-0.1, -0.05) is 41.9 Å². The summed E-state index contributed by atoms with van der Waals surface area (Å²) in [6.45, 7) is 1.99. The smallest absolute Gasteiger partial charge is 0.266 e. The van der Waals surface area contributed by atoms with Crippen molar-refractivity contribution in [1.82, 2.24) is 0 Å². The maximum Gasteiger partial charge on any atom is 0.266 e. The first-order valence-corrected chi connectivity index (χ1v) is 11.2. The maximum absolute atomic E-state index is 13.7. The molecule has 0 unspecified atom stereocenters. The molecule has 2 fully saturated rings. The van der Waals surface area contributed by atoms with Gasteiger partial charge in [-0.2, -0.15) is 0 Å². The predicted octanol–water partition coefficient (Wildman–Crippen LogP) is 4.77. The highest BCUT2D eigenvalue weighted by atomic mass is 35.5. The van der Waals surface area contributed by atoms with Crippen LogP contribution in [0.5, 0.6) is 0 Å². The molecule has 0 aromatic heterocycles. The monoisotopic (exact) mass is 461 g/mol. The molecule has 0 N–H and O–H groups in total. The second-order valence-electron chi connectivity index (χ2n) is 8.58. The summed E-state index contributed by atoms with van der Waals surface area (Å²) in [5.41, 5.74) is 4.30. The summed E-state index contributed by atoms with van der Waals surface area (Å²) < 4.78 is 0. The van der Waals surface area contributed by atoms with Crippen LogP contribution in [0.15, 0.2) is 72.8 Å². The van der Waals surface area contributed by atoms with Crippen LogP contribution < -0.4 is 14.9 Å². The molecule has 3 aromatic rings. The van der Waals surface area contributed by atoms with E-state index in [1.807, 2.05) is 74.4 Å². The molecule has 2 saturated heterocycles. The fraction of sp³-hybridized carbons (Fsp3) is 0.231. The third-order valence-corrected chi connectivity index (χ3v) is 6.56. The first-order chi connectivity index (χ1) is 15.9. The van der Waals surface area contributed by atoms with E-state index >= 15 is 0 Å². The van der Waals surface area contributed by atoms with Crippen molar-refractivity contribution in [3.63, 3.8) is 0 Å². The van der Waals surface area contributed by atoms with Crippen LogP contribution in [0.1, 0.15) is 17.2 Å². The number of halogens is 1. The van der Waals surface area contributed by atoms with Gasteiger partial charge in [0, 0.05) is 24.8 Å². The normalized spacial score (nSPS) is 22.1. The van der Waals surface area contributed by atoms with Crippen LogP contribution in [0.25, 0.3) is 0 Å². The summed E-state index contributed by atoms with van der Waals surface area (Å²) >= 11 is 6.00. The van der Waals surface area contributed by atoms with Gasteiger partial charge >= 0.3 is 0 Å². The Kier molecular flexibility index (Phi) is 5.35. The molecule has 0 radical (unpaired) electrons.